The molecule has 4 heteroatoms. The molecule has 3 nitrogen and oxygen atoms in total. The molecule has 1 N–H and O–H groups in total. The Kier molecular flexibility index (Phi) is 3.48. The highest BCUT2D eigenvalue weighted by Gasteiger charge is 2.20. The molecule has 1 aromatic carbocycles. The Morgan fingerprint density at radius 1 is 1.24 bits per heavy atom. The summed E-state index contributed by atoms with van der Waals surface area (Å²) in [4.78, 5) is 4.56. The number of fused-ring (bicyclic) bond motifs is 1. The highest BCUT2D eigenvalue weighted by molar-refractivity contribution is 6.31. The maximum atomic E-state index is 6.46. The smallest absolute Gasteiger partial charge is 0.0997 e. The maximum Gasteiger partial charge on any atom is 0.0997 e. The van der Waals surface area contributed by atoms with Crippen LogP contribution >= 0.6 is 11.6 Å². The quantitative estimate of drug-likeness (QED) is 0.934. The summed E-state index contributed by atoms with van der Waals surface area (Å²) >= 11 is 6.46. The van der Waals surface area contributed by atoms with Gasteiger partial charge in [0, 0.05) is 29.0 Å². The minimum Gasteiger partial charge on any atom is -0.310 e. The second kappa shape index (κ2) is 5.47. The van der Waals surface area contributed by atoms with Gasteiger partial charge in [-0.15, -0.1) is 0 Å². The topological polar surface area (TPSA) is 29.9 Å². The van der Waals surface area contributed by atoms with Gasteiger partial charge in [0.15, 0.2) is 0 Å². The number of hydrogen-bond donors (Lipinski definition) is 1. The molecule has 0 amide bonds. The fourth-order valence-electron chi connectivity index (χ4n) is 3.06. The van der Waals surface area contributed by atoms with Crippen molar-refractivity contribution in [2.45, 2.75) is 51.1 Å². The molecule has 1 saturated carbocycles. The molecule has 0 radical (unpaired) electrons. The number of imidazole rings is 1. The van der Waals surface area contributed by atoms with Crippen LogP contribution in [0.3, 0.4) is 0 Å². The van der Waals surface area contributed by atoms with Crippen molar-refractivity contribution in [1.82, 2.24) is 14.9 Å². The lowest BCUT2D eigenvalue weighted by molar-refractivity contribution is 0.656. The van der Waals surface area contributed by atoms with Gasteiger partial charge in [-0.25, -0.2) is 4.98 Å². The molecular formula is C17H20ClN3. The Morgan fingerprint density at radius 3 is 2.90 bits per heavy atom. The van der Waals surface area contributed by atoms with Gasteiger partial charge < -0.3 is 9.88 Å². The van der Waals surface area contributed by atoms with Gasteiger partial charge >= 0.3 is 0 Å². The zero-order valence-corrected chi connectivity index (χ0v) is 12.9. The lowest BCUT2D eigenvalue weighted by Crippen LogP contribution is -2.15. The van der Waals surface area contributed by atoms with Crippen LogP contribution in [0.15, 0.2) is 24.5 Å². The van der Waals surface area contributed by atoms with E-state index in [1.54, 1.807) is 0 Å². The molecule has 110 valence electrons. The van der Waals surface area contributed by atoms with Crippen LogP contribution in [0.1, 0.15) is 42.6 Å². The Balaban J connectivity index is 1.60. The summed E-state index contributed by atoms with van der Waals surface area (Å²) in [6, 6.07) is 7.08. The van der Waals surface area contributed by atoms with Gasteiger partial charge in [0.05, 0.1) is 12.0 Å². The standard InChI is InChI=1S/C17H20ClN3/c18-15-9-14(8-5-12(15)10-19-13-6-7-13)21-11-20-16-3-1-2-4-17(16)21/h5,8-9,11,13,19H,1-4,6-7,10H2. The first-order chi connectivity index (χ1) is 10.3. The van der Waals surface area contributed by atoms with Gasteiger partial charge in [-0.2, -0.15) is 0 Å². The molecule has 2 aliphatic rings. The molecule has 4 rings (SSSR count). The van der Waals surface area contributed by atoms with Crippen LogP contribution in [0.2, 0.25) is 5.02 Å². The molecule has 0 atom stereocenters. The van der Waals surface area contributed by atoms with E-state index in [-0.39, 0.29) is 0 Å². The van der Waals surface area contributed by atoms with Crippen molar-refractivity contribution in [3.8, 4) is 5.69 Å². The van der Waals surface area contributed by atoms with E-state index in [2.05, 4.69) is 33.1 Å². The zero-order valence-electron chi connectivity index (χ0n) is 12.1. The molecule has 1 aromatic heterocycles. The molecule has 1 heterocycles. The molecular weight excluding hydrogens is 282 g/mol. The van der Waals surface area contributed by atoms with Crippen molar-refractivity contribution in [3.63, 3.8) is 0 Å². The van der Waals surface area contributed by atoms with Crippen LogP contribution in [0.4, 0.5) is 0 Å². The van der Waals surface area contributed by atoms with Crippen LogP contribution in [-0.4, -0.2) is 15.6 Å². The van der Waals surface area contributed by atoms with Crippen molar-refractivity contribution < 1.29 is 0 Å². The van der Waals surface area contributed by atoms with E-state index < -0.39 is 0 Å². The Bertz CT molecular complexity index is 658. The fraction of sp³-hybridized carbons (Fsp3) is 0.471. The van der Waals surface area contributed by atoms with Crippen LogP contribution in [0, 0.1) is 0 Å². The van der Waals surface area contributed by atoms with E-state index in [1.165, 1.54) is 42.6 Å². The SMILES string of the molecule is Clc1cc(-n2cnc3c2CCCC3)ccc1CNC1CC1. The van der Waals surface area contributed by atoms with Gasteiger partial charge in [-0.3, -0.25) is 0 Å². The van der Waals surface area contributed by atoms with E-state index in [0.717, 1.165) is 30.1 Å². The summed E-state index contributed by atoms with van der Waals surface area (Å²) in [5.41, 5.74) is 4.94. The molecule has 21 heavy (non-hydrogen) atoms. The molecule has 0 bridgehead atoms. The third-order valence-corrected chi connectivity index (χ3v) is 4.86. The van der Waals surface area contributed by atoms with Crippen LogP contribution in [0.25, 0.3) is 5.69 Å². The molecule has 0 saturated heterocycles. The van der Waals surface area contributed by atoms with Gasteiger partial charge in [-0.05, 0) is 56.2 Å². The zero-order chi connectivity index (χ0) is 14.2. The molecule has 1 fully saturated rings. The minimum absolute atomic E-state index is 0.710. The molecule has 0 unspecified atom stereocenters. The Morgan fingerprint density at radius 2 is 2.10 bits per heavy atom. The summed E-state index contributed by atoms with van der Waals surface area (Å²) in [7, 11) is 0. The normalized spacial score (nSPS) is 17.8. The van der Waals surface area contributed by atoms with Gasteiger partial charge in [0.25, 0.3) is 0 Å². The number of benzene rings is 1. The highest BCUT2D eigenvalue weighted by atomic mass is 35.5. The molecule has 2 aromatic rings. The van der Waals surface area contributed by atoms with Crippen LogP contribution in [-0.2, 0) is 19.4 Å². The summed E-state index contributed by atoms with van der Waals surface area (Å²) in [6.45, 7) is 0.867. The van der Waals surface area contributed by atoms with Crippen molar-refractivity contribution in [2.75, 3.05) is 0 Å². The summed E-state index contributed by atoms with van der Waals surface area (Å²) in [5, 5.41) is 4.36. The van der Waals surface area contributed by atoms with Crippen molar-refractivity contribution >= 4 is 11.6 Å². The lowest BCUT2D eigenvalue weighted by Gasteiger charge is -2.15. The average Bonchev–Trinajstić information content (AvgIpc) is 3.23. The van der Waals surface area contributed by atoms with Crippen molar-refractivity contribution in [2.24, 2.45) is 0 Å². The highest BCUT2D eigenvalue weighted by Crippen LogP contribution is 2.27. The number of aromatic nitrogens is 2. The molecule has 0 aliphatic heterocycles. The van der Waals surface area contributed by atoms with E-state index in [1.807, 2.05) is 6.33 Å². The minimum atomic E-state index is 0.710. The number of nitrogens with zero attached hydrogens (tertiary/aromatic N) is 2. The van der Waals surface area contributed by atoms with Crippen molar-refractivity contribution in [1.29, 1.82) is 0 Å². The Labute approximate surface area is 130 Å². The van der Waals surface area contributed by atoms with E-state index in [4.69, 9.17) is 11.6 Å². The predicted octanol–water partition coefficient (Wildman–Crippen LogP) is 3.66. The summed E-state index contributed by atoms with van der Waals surface area (Å²) < 4.78 is 2.21. The lowest BCUT2D eigenvalue weighted by atomic mass is 10.0. The number of halogens is 1. The number of aryl methyl sites for hydroxylation is 1. The first-order valence-electron chi connectivity index (χ1n) is 7.88. The first-order valence-corrected chi connectivity index (χ1v) is 8.26. The van der Waals surface area contributed by atoms with E-state index in [0.29, 0.717) is 6.04 Å². The molecule has 0 spiro atoms. The summed E-state index contributed by atoms with van der Waals surface area (Å²) in [6.07, 6.45) is 9.31. The van der Waals surface area contributed by atoms with Crippen molar-refractivity contribution in [3.05, 3.63) is 46.5 Å². The largest absolute Gasteiger partial charge is 0.310 e. The van der Waals surface area contributed by atoms with Crippen LogP contribution < -0.4 is 5.32 Å². The predicted molar refractivity (Wildman–Crippen MR) is 85.1 cm³/mol. The number of nitrogens with one attached hydrogen (secondary N) is 1. The molecule has 2 aliphatic carbocycles. The number of rotatable bonds is 4. The van der Waals surface area contributed by atoms with Crippen LogP contribution in [0.5, 0.6) is 0 Å². The number of hydrogen-bond acceptors (Lipinski definition) is 2. The van der Waals surface area contributed by atoms with E-state index in [9.17, 15) is 0 Å². The maximum absolute atomic E-state index is 6.46. The monoisotopic (exact) mass is 301 g/mol. The van der Waals surface area contributed by atoms with Gasteiger partial charge in [-0.1, -0.05) is 17.7 Å². The second-order valence-corrected chi connectivity index (χ2v) is 6.55. The van der Waals surface area contributed by atoms with Gasteiger partial charge in [0.1, 0.15) is 0 Å². The second-order valence-electron chi connectivity index (χ2n) is 6.15. The summed E-state index contributed by atoms with van der Waals surface area (Å²) in [5.74, 6) is 0. The third-order valence-electron chi connectivity index (χ3n) is 4.50. The van der Waals surface area contributed by atoms with E-state index >= 15 is 0 Å². The fourth-order valence-corrected chi connectivity index (χ4v) is 3.30. The Hall–Kier alpha value is -1.32. The van der Waals surface area contributed by atoms with Gasteiger partial charge in [0.2, 0.25) is 0 Å². The first kappa shape index (κ1) is 13.4. The average molecular weight is 302 g/mol. The third kappa shape index (κ3) is 2.72.